The number of nitrogens with zero attached hydrogens (tertiary/aromatic N) is 2. The van der Waals surface area contributed by atoms with Gasteiger partial charge in [-0.25, -0.2) is 4.79 Å². The average Bonchev–Trinajstić information content (AvgIpc) is 2.78. The number of likely N-dealkylation sites (N-methyl/N-ethyl adjacent to an activating group) is 1. The minimum Gasteiger partial charge on any atom is -0.394 e. The van der Waals surface area contributed by atoms with Crippen molar-refractivity contribution in [3.05, 3.63) is 32.6 Å². The minimum absolute atomic E-state index is 0.0276. The summed E-state index contributed by atoms with van der Waals surface area (Å²) in [4.78, 5) is 27.5. The summed E-state index contributed by atoms with van der Waals surface area (Å²) in [5, 5.41) is 9.21. The zero-order chi connectivity index (χ0) is 14.2. The average molecular weight is 269 g/mol. The molecule has 106 valence electrons. The maximum Gasteiger partial charge on any atom is 0.330 e. The molecular formula is C12H19N3O4. The van der Waals surface area contributed by atoms with Gasteiger partial charge in [0.1, 0.15) is 0 Å². The van der Waals surface area contributed by atoms with Gasteiger partial charge in [-0.15, -0.1) is 0 Å². The molecule has 2 rings (SSSR count). The lowest BCUT2D eigenvalue weighted by Gasteiger charge is -2.25. The molecule has 1 aliphatic rings. The molecule has 0 saturated carbocycles. The molecule has 7 nitrogen and oxygen atoms in total. The molecule has 1 fully saturated rings. The maximum absolute atomic E-state index is 11.9. The number of hydrogen-bond acceptors (Lipinski definition) is 5. The van der Waals surface area contributed by atoms with Gasteiger partial charge in [0.15, 0.2) is 6.23 Å². The van der Waals surface area contributed by atoms with Gasteiger partial charge in [0.25, 0.3) is 5.56 Å². The Kier molecular flexibility index (Phi) is 3.88. The topological polar surface area (TPSA) is 87.6 Å². The van der Waals surface area contributed by atoms with Crippen molar-refractivity contribution in [1.82, 2.24) is 14.5 Å². The molecule has 3 atom stereocenters. The number of ether oxygens (including phenoxy) is 1. The number of nitrogens with one attached hydrogen (secondary N) is 1. The van der Waals surface area contributed by atoms with Crippen LogP contribution in [0.2, 0.25) is 0 Å². The monoisotopic (exact) mass is 269 g/mol. The smallest absolute Gasteiger partial charge is 0.330 e. The van der Waals surface area contributed by atoms with Crippen molar-refractivity contribution < 1.29 is 9.84 Å². The third-order valence-electron chi connectivity index (χ3n) is 3.45. The fraction of sp³-hybridized carbons (Fsp3) is 0.667. The van der Waals surface area contributed by atoms with E-state index in [-0.39, 0.29) is 24.3 Å². The van der Waals surface area contributed by atoms with Crippen molar-refractivity contribution in [2.45, 2.75) is 31.7 Å². The fourth-order valence-corrected chi connectivity index (χ4v) is 2.34. The fourth-order valence-electron chi connectivity index (χ4n) is 2.34. The highest BCUT2D eigenvalue weighted by Gasteiger charge is 2.38. The lowest BCUT2D eigenvalue weighted by molar-refractivity contribution is -0.0390. The van der Waals surface area contributed by atoms with Crippen LogP contribution in [0.1, 0.15) is 18.2 Å². The lowest BCUT2D eigenvalue weighted by Crippen LogP contribution is -2.40. The molecule has 1 aliphatic heterocycles. The molecule has 0 aliphatic carbocycles. The van der Waals surface area contributed by atoms with Gasteiger partial charge in [0, 0.05) is 11.8 Å². The predicted octanol–water partition coefficient (Wildman–Crippen LogP) is -0.945. The van der Waals surface area contributed by atoms with E-state index in [2.05, 4.69) is 4.98 Å². The Bertz CT molecular complexity index is 563. The van der Waals surface area contributed by atoms with Crippen LogP contribution in [0.3, 0.4) is 0 Å². The van der Waals surface area contributed by atoms with Crippen LogP contribution in [0, 0.1) is 6.92 Å². The molecule has 0 radical (unpaired) electrons. The Morgan fingerprint density at radius 1 is 1.53 bits per heavy atom. The lowest BCUT2D eigenvalue weighted by atomic mass is 10.1. The normalized spacial score (nSPS) is 27.1. The highest BCUT2D eigenvalue weighted by Crippen LogP contribution is 2.30. The quantitative estimate of drug-likeness (QED) is 0.739. The molecule has 0 unspecified atom stereocenters. The molecule has 0 spiro atoms. The first-order valence-corrected chi connectivity index (χ1v) is 6.19. The standard InChI is InChI=1S/C12H19N3O4/c1-7-5-15(12(18)13-10(7)17)11-9(14(2)3)4-8(6-16)19-11/h5,8-9,11,16H,4,6H2,1-3H3,(H,13,17,18)/t8-,9-,11-/m0/s1. The van der Waals surface area contributed by atoms with Gasteiger partial charge < -0.3 is 14.7 Å². The Morgan fingerprint density at radius 2 is 2.21 bits per heavy atom. The first-order chi connectivity index (χ1) is 8.93. The minimum atomic E-state index is -0.504. The SMILES string of the molecule is Cc1cn([C@H]2O[C@H](CO)C[C@@H]2N(C)C)c(=O)[nH]c1=O. The highest BCUT2D eigenvalue weighted by molar-refractivity contribution is 5.02. The third-order valence-corrected chi connectivity index (χ3v) is 3.45. The highest BCUT2D eigenvalue weighted by atomic mass is 16.5. The summed E-state index contributed by atoms with van der Waals surface area (Å²) in [6, 6.07) is -0.0276. The van der Waals surface area contributed by atoms with Crippen LogP contribution in [0.25, 0.3) is 0 Å². The van der Waals surface area contributed by atoms with E-state index < -0.39 is 11.9 Å². The van der Waals surface area contributed by atoms with Crippen LogP contribution in [-0.4, -0.2) is 52.4 Å². The number of rotatable bonds is 3. The summed E-state index contributed by atoms with van der Waals surface area (Å²) in [5.74, 6) is 0. The Hall–Kier alpha value is -1.44. The van der Waals surface area contributed by atoms with Crippen LogP contribution in [0.5, 0.6) is 0 Å². The number of H-pyrrole nitrogens is 1. The largest absolute Gasteiger partial charge is 0.394 e. The van der Waals surface area contributed by atoms with E-state index in [1.807, 2.05) is 19.0 Å². The van der Waals surface area contributed by atoms with E-state index >= 15 is 0 Å². The molecular weight excluding hydrogens is 250 g/mol. The van der Waals surface area contributed by atoms with Crippen LogP contribution in [0.15, 0.2) is 15.8 Å². The predicted molar refractivity (Wildman–Crippen MR) is 69.1 cm³/mol. The summed E-state index contributed by atoms with van der Waals surface area (Å²) in [6.45, 7) is 1.55. The Labute approximate surface area is 110 Å². The second kappa shape index (κ2) is 5.28. The van der Waals surface area contributed by atoms with Gasteiger partial charge >= 0.3 is 5.69 Å². The first-order valence-electron chi connectivity index (χ1n) is 6.19. The van der Waals surface area contributed by atoms with Gasteiger partial charge in [0.05, 0.1) is 18.8 Å². The van der Waals surface area contributed by atoms with Crippen LogP contribution >= 0.6 is 0 Å². The molecule has 2 N–H and O–H groups in total. The number of aromatic nitrogens is 2. The van der Waals surface area contributed by atoms with Crippen molar-refractivity contribution in [1.29, 1.82) is 0 Å². The van der Waals surface area contributed by atoms with Crippen LogP contribution in [-0.2, 0) is 4.74 Å². The van der Waals surface area contributed by atoms with Crippen molar-refractivity contribution in [3.63, 3.8) is 0 Å². The maximum atomic E-state index is 11.9. The molecule has 19 heavy (non-hydrogen) atoms. The molecule has 0 amide bonds. The van der Waals surface area contributed by atoms with E-state index in [9.17, 15) is 14.7 Å². The molecule has 2 heterocycles. The van der Waals surface area contributed by atoms with E-state index in [0.29, 0.717) is 12.0 Å². The summed E-state index contributed by atoms with van der Waals surface area (Å²) >= 11 is 0. The molecule has 1 saturated heterocycles. The molecule has 1 aromatic heterocycles. The van der Waals surface area contributed by atoms with E-state index in [0.717, 1.165) is 0 Å². The molecule has 1 aromatic rings. The molecule has 0 aromatic carbocycles. The van der Waals surface area contributed by atoms with Gasteiger partial charge in [-0.3, -0.25) is 14.3 Å². The number of aliphatic hydroxyl groups is 1. The summed E-state index contributed by atoms with van der Waals surface area (Å²) in [6.07, 6.45) is 1.34. The van der Waals surface area contributed by atoms with E-state index in [1.165, 1.54) is 10.8 Å². The van der Waals surface area contributed by atoms with Crippen LogP contribution < -0.4 is 11.2 Å². The Morgan fingerprint density at radius 3 is 2.79 bits per heavy atom. The summed E-state index contributed by atoms with van der Waals surface area (Å²) in [5.41, 5.74) is -0.432. The summed E-state index contributed by atoms with van der Waals surface area (Å²) < 4.78 is 7.08. The molecule has 0 bridgehead atoms. The number of aryl methyl sites for hydroxylation is 1. The second-order valence-corrected chi connectivity index (χ2v) is 5.08. The van der Waals surface area contributed by atoms with Crippen molar-refractivity contribution in [2.24, 2.45) is 0 Å². The Balaban J connectivity index is 2.42. The number of hydrogen-bond donors (Lipinski definition) is 2. The van der Waals surface area contributed by atoms with Gasteiger partial charge in [-0.05, 0) is 27.4 Å². The zero-order valence-corrected chi connectivity index (χ0v) is 11.3. The number of aliphatic hydroxyl groups excluding tert-OH is 1. The van der Waals surface area contributed by atoms with Gasteiger partial charge in [-0.1, -0.05) is 0 Å². The van der Waals surface area contributed by atoms with E-state index in [4.69, 9.17) is 4.74 Å². The first kappa shape index (κ1) is 14.0. The zero-order valence-electron chi connectivity index (χ0n) is 11.3. The van der Waals surface area contributed by atoms with Crippen molar-refractivity contribution in [2.75, 3.05) is 20.7 Å². The number of aromatic amines is 1. The summed E-state index contributed by atoms with van der Waals surface area (Å²) in [7, 11) is 3.79. The second-order valence-electron chi connectivity index (χ2n) is 5.08. The van der Waals surface area contributed by atoms with Gasteiger partial charge in [-0.2, -0.15) is 0 Å². The molecule has 7 heteroatoms. The van der Waals surface area contributed by atoms with Crippen LogP contribution in [0.4, 0.5) is 0 Å². The third kappa shape index (κ3) is 2.63. The van der Waals surface area contributed by atoms with Gasteiger partial charge in [0.2, 0.25) is 0 Å². The van der Waals surface area contributed by atoms with Crippen molar-refractivity contribution >= 4 is 0 Å². The van der Waals surface area contributed by atoms with E-state index in [1.54, 1.807) is 6.92 Å². The van der Waals surface area contributed by atoms with Crippen molar-refractivity contribution in [3.8, 4) is 0 Å².